The Kier molecular flexibility index (Phi) is 5.64. The van der Waals surface area contributed by atoms with E-state index in [1.54, 1.807) is 6.07 Å². The van der Waals surface area contributed by atoms with Gasteiger partial charge in [-0.15, -0.1) is 0 Å². The fourth-order valence-electron chi connectivity index (χ4n) is 1.83. The van der Waals surface area contributed by atoms with Crippen LogP contribution in [0.4, 0.5) is 5.69 Å². The molecule has 2 rings (SSSR count). The first-order chi connectivity index (χ1) is 10.1. The van der Waals surface area contributed by atoms with Crippen LogP contribution in [0.25, 0.3) is 0 Å². The Hall–Kier alpha value is -2.00. The molecule has 0 aliphatic carbocycles. The number of carbonyl (C=O) groups is 1. The highest BCUT2D eigenvalue weighted by atomic mass is 35.5. The topological polar surface area (TPSA) is 38.3 Å². The molecule has 0 aliphatic heterocycles. The van der Waals surface area contributed by atoms with Crippen molar-refractivity contribution in [2.45, 2.75) is 20.0 Å². The average molecular weight is 304 g/mol. The van der Waals surface area contributed by atoms with Crippen LogP contribution >= 0.6 is 11.6 Å². The third-order valence-corrected chi connectivity index (χ3v) is 3.43. The predicted octanol–water partition coefficient (Wildman–Crippen LogP) is 4.19. The van der Waals surface area contributed by atoms with E-state index < -0.39 is 0 Å². The Morgan fingerprint density at radius 2 is 1.86 bits per heavy atom. The van der Waals surface area contributed by atoms with Crippen LogP contribution in [-0.4, -0.2) is 12.5 Å². The minimum Gasteiger partial charge on any atom is -0.461 e. The second-order valence-corrected chi connectivity index (χ2v) is 5.20. The SMILES string of the molecule is Cc1ccc(NCCC(=O)OCc2ccccc2Cl)cc1. The summed E-state index contributed by atoms with van der Waals surface area (Å²) in [6, 6.07) is 15.4. The first-order valence-electron chi connectivity index (χ1n) is 6.85. The highest BCUT2D eigenvalue weighted by molar-refractivity contribution is 6.31. The zero-order valence-electron chi connectivity index (χ0n) is 11.9. The summed E-state index contributed by atoms with van der Waals surface area (Å²) in [7, 11) is 0. The maximum absolute atomic E-state index is 11.7. The predicted molar refractivity (Wildman–Crippen MR) is 85.5 cm³/mol. The summed E-state index contributed by atoms with van der Waals surface area (Å²) in [5.41, 5.74) is 3.03. The molecule has 0 amide bonds. The fraction of sp³-hybridized carbons (Fsp3) is 0.235. The van der Waals surface area contributed by atoms with Crippen molar-refractivity contribution in [2.24, 2.45) is 0 Å². The summed E-state index contributed by atoms with van der Waals surface area (Å²) < 4.78 is 5.20. The van der Waals surface area contributed by atoms with Gasteiger partial charge in [0, 0.05) is 22.8 Å². The smallest absolute Gasteiger partial charge is 0.307 e. The molecule has 0 bridgehead atoms. The Morgan fingerprint density at radius 1 is 1.14 bits per heavy atom. The Labute approximate surface area is 129 Å². The Morgan fingerprint density at radius 3 is 2.57 bits per heavy atom. The molecule has 4 heteroatoms. The van der Waals surface area contributed by atoms with Crippen LogP contribution in [0.1, 0.15) is 17.5 Å². The molecule has 0 saturated heterocycles. The molecule has 110 valence electrons. The zero-order valence-corrected chi connectivity index (χ0v) is 12.7. The largest absolute Gasteiger partial charge is 0.461 e. The van der Waals surface area contributed by atoms with E-state index in [0.717, 1.165) is 11.3 Å². The molecular weight excluding hydrogens is 286 g/mol. The molecular formula is C17H18ClNO2. The molecule has 21 heavy (non-hydrogen) atoms. The van der Waals surface area contributed by atoms with E-state index in [9.17, 15) is 4.79 Å². The van der Waals surface area contributed by atoms with Gasteiger partial charge in [-0.05, 0) is 25.1 Å². The van der Waals surface area contributed by atoms with Crippen LogP contribution in [0.2, 0.25) is 5.02 Å². The normalized spacial score (nSPS) is 10.2. The van der Waals surface area contributed by atoms with Gasteiger partial charge in [0.05, 0.1) is 6.42 Å². The summed E-state index contributed by atoms with van der Waals surface area (Å²) in [5.74, 6) is -0.241. The molecule has 0 saturated carbocycles. The van der Waals surface area contributed by atoms with Crippen molar-refractivity contribution in [3.8, 4) is 0 Å². The van der Waals surface area contributed by atoms with Crippen molar-refractivity contribution in [1.82, 2.24) is 0 Å². The zero-order chi connectivity index (χ0) is 15.1. The van der Waals surface area contributed by atoms with Crippen molar-refractivity contribution in [3.05, 3.63) is 64.7 Å². The minimum atomic E-state index is -0.241. The van der Waals surface area contributed by atoms with Crippen LogP contribution in [0.15, 0.2) is 48.5 Å². The Balaban J connectivity index is 1.70. The van der Waals surface area contributed by atoms with Crippen molar-refractivity contribution >= 4 is 23.3 Å². The van der Waals surface area contributed by atoms with Gasteiger partial charge < -0.3 is 10.1 Å². The van der Waals surface area contributed by atoms with Gasteiger partial charge in [0.25, 0.3) is 0 Å². The second kappa shape index (κ2) is 7.70. The number of halogens is 1. The quantitative estimate of drug-likeness (QED) is 0.813. The van der Waals surface area contributed by atoms with Crippen LogP contribution in [-0.2, 0) is 16.1 Å². The maximum Gasteiger partial charge on any atom is 0.307 e. The number of hydrogen-bond donors (Lipinski definition) is 1. The molecule has 0 atom stereocenters. The van der Waals surface area contributed by atoms with Gasteiger partial charge in [0.2, 0.25) is 0 Å². The van der Waals surface area contributed by atoms with Gasteiger partial charge in [-0.25, -0.2) is 0 Å². The van der Waals surface area contributed by atoms with Gasteiger partial charge in [-0.1, -0.05) is 47.5 Å². The van der Waals surface area contributed by atoms with E-state index in [4.69, 9.17) is 16.3 Å². The molecule has 1 N–H and O–H groups in total. The third kappa shape index (κ3) is 5.12. The monoisotopic (exact) mass is 303 g/mol. The minimum absolute atomic E-state index is 0.211. The lowest BCUT2D eigenvalue weighted by molar-refractivity contribution is -0.144. The van der Waals surface area contributed by atoms with E-state index in [0.29, 0.717) is 18.0 Å². The van der Waals surface area contributed by atoms with Gasteiger partial charge in [-0.3, -0.25) is 4.79 Å². The number of benzene rings is 2. The van der Waals surface area contributed by atoms with E-state index >= 15 is 0 Å². The molecule has 0 spiro atoms. The molecule has 0 aliphatic rings. The molecule has 2 aromatic rings. The van der Waals surface area contributed by atoms with Crippen LogP contribution in [0.3, 0.4) is 0 Å². The van der Waals surface area contributed by atoms with Crippen LogP contribution < -0.4 is 5.32 Å². The highest BCUT2D eigenvalue weighted by Gasteiger charge is 2.05. The van der Waals surface area contributed by atoms with E-state index in [-0.39, 0.29) is 12.6 Å². The van der Waals surface area contributed by atoms with Crippen molar-refractivity contribution < 1.29 is 9.53 Å². The van der Waals surface area contributed by atoms with E-state index in [2.05, 4.69) is 5.32 Å². The number of carbonyl (C=O) groups excluding carboxylic acids is 1. The molecule has 0 aromatic heterocycles. The molecule has 0 unspecified atom stereocenters. The lowest BCUT2D eigenvalue weighted by Gasteiger charge is -2.08. The summed E-state index contributed by atoms with van der Waals surface area (Å²) in [6.07, 6.45) is 0.318. The first-order valence-corrected chi connectivity index (χ1v) is 7.22. The summed E-state index contributed by atoms with van der Waals surface area (Å²) >= 11 is 6.00. The molecule has 3 nitrogen and oxygen atoms in total. The van der Waals surface area contributed by atoms with Crippen molar-refractivity contribution in [3.63, 3.8) is 0 Å². The Bertz CT molecular complexity index is 596. The van der Waals surface area contributed by atoms with E-state index in [1.807, 2.05) is 49.4 Å². The average Bonchev–Trinajstić information content (AvgIpc) is 2.48. The summed E-state index contributed by atoms with van der Waals surface area (Å²) in [6.45, 7) is 2.79. The number of nitrogens with one attached hydrogen (secondary N) is 1. The molecule has 0 heterocycles. The molecule has 0 radical (unpaired) electrons. The maximum atomic E-state index is 11.7. The third-order valence-electron chi connectivity index (χ3n) is 3.06. The van der Waals surface area contributed by atoms with Crippen LogP contribution in [0.5, 0.6) is 0 Å². The molecule has 2 aromatic carbocycles. The van der Waals surface area contributed by atoms with Gasteiger partial charge in [0.1, 0.15) is 6.61 Å². The number of rotatable bonds is 6. The first kappa shape index (κ1) is 15.4. The summed E-state index contributed by atoms with van der Waals surface area (Å²) in [5, 5.41) is 3.80. The fourth-order valence-corrected chi connectivity index (χ4v) is 2.02. The highest BCUT2D eigenvalue weighted by Crippen LogP contribution is 2.16. The number of anilines is 1. The summed E-state index contributed by atoms with van der Waals surface area (Å²) in [4.78, 5) is 11.7. The van der Waals surface area contributed by atoms with Crippen LogP contribution in [0, 0.1) is 6.92 Å². The standard InChI is InChI=1S/C17H18ClNO2/c1-13-6-8-15(9-7-13)19-11-10-17(20)21-12-14-4-2-3-5-16(14)18/h2-9,19H,10-12H2,1H3. The number of aryl methyl sites for hydroxylation is 1. The van der Waals surface area contributed by atoms with Crippen molar-refractivity contribution in [1.29, 1.82) is 0 Å². The van der Waals surface area contributed by atoms with Gasteiger partial charge in [0.15, 0.2) is 0 Å². The second-order valence-electron chi connectivity index (χ2n) is 4.79. The lowest BCUT2D eigenvalue weighted by Crippen LogP contribution is -2.11. The van der Waals surface area contributed by atoms with E-state index in [1.165, 1.54) is 5.56 Å². The number of ether oxygens (including phenoxy) is 1. The number of hydrogen-bond acceptors (Lipinski definition) is 3. The van der Waals surface area contributed by atoms with Gasteiger partial charge in [-0.2, -0.15) is 0 Å². The lowest BCUT2D eigenvalue weighted by atomic mass is 10.2. The molecule has 0 fully saturated rings. The van der Waals surface area contributed by atoms with Crippen molar-refractivity contribution in [2.75, 3.05) is 11.9 Å². The number of esters is 1. The van der Waals surface area contributed by atoms with Gasteiger partial charge >= 0.3 is 5.97 Å².